The molecule has 2 fully saturated rings. The molecule has 2 aromatic rings. The van der Waals surface area contributed by atoms with Gasteiger partial charge in [0, 0.05) is 13.1 Å². The maximum atomic E-state index is 13.1. The summed E-state index contributed by atoms with van der Waals surface area (Å²) in [5.74, 6) is 0.207. The fourth-order valence-corrected chi connectivity index (χ4v) is 5.79. The van der Waals surface area contributed by atoms with Gasteiger partial charge in [-0.25, -0.2) is 8.42 Å². The van der Waals surface area contributed by atoms with Crippen molar-refractivity contribution < 1.29 is 18.1 Å². The van der Waals surface area contributed by atoms with Crippen molar-refractivity contribution in [1.29, 1.82) is 0 Å². The fraction of sp³-hybridized carbons (Fsp3) is 0.476. The summed E-state index contributed by atoms with van der Waals surface area (Å²) in [7, 11) is -3.51. The number of sulfonamides is 1. The second-order valence-corrected chi connectivity index (χ2v) is 9.76. The predicted molar refractivity (Wildman–Crippen MR) is 109 cm³/mol. The van der Waals surface area contributed by atoms with E-state index < -0.39 is 10.0 Å². The minimum absolute atomic E-state index is 0.108. The lowest BCUT2D eigenvalue weighted by molar-refractivity contribution is -0.918. The normalized spacial score (nSPS) is 20.5. The molecule has 2 saturated heterocycles. The minimum Gasteiger partial charge on any atom is -0.338 e. The van der Waals surface area contributed by atoms with Gasteiger partial charge in [0.25, 0.3) is 5.91 Å². The number of nitrogens with zero attached hydrogens (tertiary/aromatic N) is 2. The van der Waals surface area contributed by atoms with Crippen molar-refractivity contribution in [2.75, 3.05) is 39.3 Å². The van der Waals surface area contributed by atoms with E-state index in [0.717, 1.165) is 36.7 Å². The van der Waals surface area contributed by atoms with E-state index in [9.17, 15) is 13.2 Å². The molecule has 2 aromatic carbocycles. The van der Waals surface area contributed by atoms with Crippen LogP contribution in [0.25, 0.3) is 10.8 Å². The molecule has 0 spiro atoms. The zero-order chi connectivity index (χ0) is 19.7. The van der Waals surface area contributed by atoms with E-state index >= 15 is 0 Å². The van der Waals surface area contributed by atoms with Crippen LogP contribution in [0.1, 0.15) is 19.8 Å². The number of likely N-dealkylation sites (tertiary alicyclic amines) is 1. The lowest BCUT2D eigenvalue weighted by Crippen LogP contribution is -3.19. The number of fused-ring (bicyclic) bond motifs is 1. The molecular formula is C21H28N3O3S+. The van der Waals surface area contributed by atoms with Crippen LogP contribution < -0.4 is 4.90 Å². The van der Waals surface area contributed by atoms with Crippen LogP contribution in [-0.4, -0.2) is 68.8 Å². The summed E-state index contributed by atoms with van der Waals surface area (Å²) in [5.41, 5.74) is 0. The van der Waals surface area contributed by atoms with Gasteiger partial charge in [0.15, 0.2) is 6.04 Å². The minimum atomic E-state index is -3.51. The summed E-state index contributed by atoms with van der Waals surface area (Å²) >= 11 is 0. The Morgan fingerprint density at radius 3 is 2.29 bits per heavy atom. The molecule has 7 heteroatoms. The first-order valence-electron chi connectivity index (χ1n) is 10.1. The molecular weight excluding hydrogens is 374 g/mol. The van der Waals surface area contributed by atoms with E-state index in [1.165, 1.54) is 4.90 Å². The van der Waals surface area contributed by atoms with Crippen molar-refractivity contribution in [3.05, 3.63) is 42.5 Å². The van der Waals surface area contributed by atoms with Gasteiger partial charge in [0.2, 0.25) is 10.0 Å². The number of hydrogen-bond acceptors (Lipinski definition) is 3. The van der Waals surface area contributed by atoms with Gasteiger partial charge < -0.3 is 9.80 Å². The highest BCUT2D eigenvalue weighted by Crippen LogP contribution is 2.22. The summed E-state index contributed by atoms with van der Waals surface area (Å²) in [4.78, 5) is 16.1. The summed E-state index contributed by atoms with van der Waals surface area (Å²) < 4.78 is 27.7. The number of rotatable bonds is 4. The maximum absolute atomic E-state index is 13.1. The third-order valence-electron chi connectivity index (χ3n) is 6.12. The van der Waals surface area contributed by atoms with Gasteiger partial charge in [-0.15, -0.1) is 0 Å². The molecule has 2 aliphatic heterocycles. The van der Waals surface area contributed by atoms with Crippen LogP contribution >= 0.6 is 0 Å². The first-order chi connectivity index (χ1) is 13.5. The Hall–Kier alpha value is -1.96. The Balaban J connectivity index is 1.43. The lowest BCUT2D eigenvalue weighted by atomic mass is 10.1. The number of quaternary nitrogens is 1. The van der Waals surface area contributed by atoms with Gasteiger partial charge in [0.05, 0.1) is 31.1 Å². The summed E-state index contributed by atoms with van der Waals surface area (Å²) in [6.07, 6.45) is 2.18. The molecule has 1 amide bonds. The van der Waals surface area contributed by atoms with Gasteiger partial charge in [-0.3, -0.25) is 4.79 Å². The van der Waals surface area contributed by atoms with E-state index in [1.54, 1.807) is 16.4 Å². The van der Waals surface area contributed by atoms with E-state index in [2.05, 4.69) is 0 Å². The Kier molecular flexibility index (Phi) is 5.40. The van der Waals surface area contributed by atoms with Crippen molar-refractivity contribution >= 4 is 26.7 Å². The number of carbonyl (C=O) groups is 1. The molecule has 0 radical (unpaired) electrons. The van der Waals surface area contributed by atoms with Crippen molar-refractivity contribution in [2.24, 2.45) is 0 Å². The second-order valence-electron chi connectivity index (χ2n) is 7.83. The van der Waals surface area contributed by atoms with Crippen molar-refractivity contribution in [3.8, 4) is 0 Å². The Bertz CT molecular complexity index is 962. The average Bonchev–Trinajstić information content (AvgIpc) is 3.27. The SMILES string of the molecule is C[C@@H](C(=O)N1CCCC1)[NH+]1CCN(S(=O)(=O)c2ccc3ccccc3c2)CC1. The second kappa shape index (κ2) is 7.81. The molecule has 1 atom stereocenters. The zero-order valence-electron chi connectivity index (χ0n) is 16.3. The van der Waals surface area contributed by atoms with Crippen LogP contribution in [0.15, 0.2) is 47.4 Å². The monoisotopic (exact) mass is 402 g/mol. The topological polar surface area (TPSA) is 62.1 Å². The number of nitrogens with one attached hydrogen (secondary N) is 1. The van der Waals surface area contributed by atoms with Crippen LogP contribution in [0, 0.1) is 0 Å². The molecule has 1 N–H and O–H groups in total. The Morgan fingerprint density at radius 2 is 1.61 bits per heavy atom. The predicted octanol–water partition coefficient (Wildman–Crippen LogP) is 0.740. The smallest absolute Gasteiger partial charge is 0.280 e. The summed E-state index contributed by atoms with van der Waals surface area (Å²) in [5, 5.41) is 1.96. The number of hydrogen-bond donors (Lipinski definition) is 1. The number of carbonyl (C=O) groups excluding carboxylic acids is 1. The third-order valence-corrected chi connectivity index (χ3v) is 8.02. The number of benzene rings is 2. The van der Waals surface area contributed by atoms with Crippen LogP contribution in [0.3, 0.4) is 0 Å². The molecule has 0 bridgehead atoms. The summed E-state index contributed by atoms with van der Waals surface area (Å²) in [6.45, 7) is 5.91. The molecule has 0 aliphatic carbocycles. The van der Waals surface area contributed by atoms with E-state index in [4.69, 9.17) is 0 Å². The highest BCUT2D eigenvalue weighted by atomic mass is 32.2. The molecule has 2 aliphatic rings. The van der Waals surface area contributed by atoms with Gasteiger partial charge in [0.1, 0.15) is 0 Å². The first-order valence-corrected chi connectivity index (χ1v) is 11.5. The highest BCUT2D eigenvalue weighted by Gasteiger charge is 2.36. The molecule has 4 rings (SSSR count). The third kappa shape index (κ3) is 3.66. The van der Waals surface area contributed by atoms with Crippen LogP contribution in [-0.2, 0) is 14.8 Å². The first kappa shape index (κ1) is 19.4. The van der Waals surface area contributed by atoms with Crippen molar-refractivity contribution in [1.82, 2.24) is 9.21 Å². The molecule has 6 nitrogen and oxygen atoms in total. The molecule has 0 saturated carbocycles. The van der Waals surface area contributed by atoms with E-state index in [0.29, 0.717) is 31.1 Å². The standard InChI is InChI=1S/C21H27N3O3S/c1-17(21(25)23-10-4-5-11-23)22-12-14-24(15-13-22)28(26,27)20-9-8-18-6-2-3-7-19(18)16-20/h2-3,6-9,16-17H,4-5,10-15H2,1H3/p+1/t17-/m0/s1. The van der Waals surface area contributed by atoms with Gasteiger partial charge >= 0.3 is 0 Å². The zero-order valence-corrected chi connectivity index (χ0v) is 17.1. The van der Waals surface area contributed by atoms with E-state index in [1.807, 2.05) is 42.2 Å². The number of amides is 1. The summed E-state index contributed by atoms with van der Waals surface area (Å²) in [6, 6.07) is 13.0. The van der Waals surface area contributed by atoms with Gasteiger partial charge in [-0.2, -0.15) is 4.31 Å². The average molecular weight is 403 g/mol. The Labute approximate surface area is 166 Å². The molecule has 150 valence electrons. The largest absolute Gasteiger partial charge is 0.338 e. The molecule has 2 heterocycles. The maximum Gasteiger partial charge on any atom is 0.280 e. The van der Waals surface area contributed by atoms with E-state index in [-0.39, 0.29) is 11.9 Å². The molecule has 0 unspecified atom stereocenters. The van der Waals surface area contributed by atoms with Gasteiger partial charge in [-0.05, 0) is 42.7 Å². The number of piperazine rings is 1. The van der Waals surface area contributed by atoms with Crippen LogP contribution in [0.4, 0.5) is 0 Å². The quantitative estimate of drug-likeness (QED) is 0.821. The Morgan fingerprint density at radius 1 is 0.964 bits per heavy atom. The lowest BCUT2D eigenvalue weighted by Gasteiger charge is -2.35. The highest BCUT2D eigenvalue weighted by molar-refractivity contribution is 7.89. The van der Waals surface area contributed by atoms with Crippen LogP contribution in [0.5, 0.6) is 0 Å². The van der Waals surface area contributed by atoms with Crippen molar-refractivity contribution in [2.45, 2.75) is 30.7 Å². The van der Waals surface area contributed by atoms with Gasteiger partial charge in [-0.1, -0.05) is 30.3 Å². The molecule has 0 aromatic heterocycles. The van der Waals surface area contributed by atoms with Crippen molar-refractivity contribution in [3.63, 3.8) is 0 Å². The van der Waals surface area contributed by atoms with Crippen LogP contribution in [0.2, 0.25) is 0 Å². The molecule has 28 heavy (non-hydrogen) atoms. The fourth-order valence-electron chi connectivity index (χ4n) is 4.31.